The van der Waals surface area contributed by atoms with E-state index in [0.29, 0.717) is 19.3 Å². The number of nitrogens with one attached hydrogen (secondary N) is 1. The van der Waals surface area contributed by atoms with Crippen LogP contribution >= 0.6 is 0 Å². The molecule has 0 aromatic heterocycles. The fourth-order valence-electron chi connectivity index (χ4n) is 10.3. The molecule has 6 nitrogen and oxygen atoms in total. The summed E-state index contributed by atoms with van der Waals surface area (Å²) >= 11 is 0. The fraction of sp³-hybridized carbons (Fsp3) is 0.938. The molecule has 0 heterocycles. The molecule has 70 heavy (non-hydrogen) atoms. The van der Waals surface area contributed by atoms with Gasteiger partial charge in [-0.2, -0.15) is 0 Å². The van der Waals surface area contributed by atoms with E-state index in [1.165, 1.54) is 270 Å². The molecule has 3 unspecified atom stereocenters. The lowest BCUT2D eigenvalue weighted by atomic mass is 10.0. The number of aliphatic hydroxyl groups excluding tert-OH is 2. The predicted octanol–water partition coefficient (Wildman–Crippen LogP) is 20.0. The Morgan fingerprint density at radius 2 is 0.686 bits per heavy atom. The zero-order chi connectivity index (χ0) is 50.9. The molecule has 0 saturated carbocycles. The SMILES string of the molecule is CCCCCCCC/C=C/CCCCCCCCCC(=O)OC(CCCCCCCCCCCCCCCCCCC)CC(=O)NC(CO)C(O)CCCCCCCCCCCCCCCCCCC. The highest BCUT2D eigenvalue weighted by Crippen LogP contribution is 2.20. The van der Waals surface area contributed by atoms with Crippen molar-refractivity contribution in [1.82, 2.24) is 5.32 Å². The molecule has 3 atom stereocenters. The fourth-order valence-corrected chi connectivity index (χ4v) is 10.3. The molecule has 0 spiro atoms. The molecular formula is C64H125NO5. The maximum absolute atomic E-state index is 13.3. The Bertz CT molecular complexity index is 1060. The van der Waals surface area contributed by atoms with Crippen molar-refractivity contribution >= 4 is 11.9 Å². The van der Waals surface area contributed by atoms with Gasteiger partial charge in [0.1, 0.15) is 6.10 Å². The third-order valence-electron chi connectivity index (χ3n) is 15.1. The number of unbranched alkanes of at least 4 members (excludes halogenated alkanes) is 45. The van der Waals surface area contributed by atoms with Crippen LogP contribution in [0.2, 0.25) is 0 Å². The molecule has 416 valence electrons. The normalized spacial score (nSPS) is 13.0. The molecule has 0 aliphatic rings. The van der Waals surface area contributed by atoms with Crippen LogP contribution in [0.1, 0.15) is 361 Å². The number of carbonyl (C=O) groups is 2. The average molecular weight is 989 g/mol. The smallest absolute Gasteiger partial charge is 0.306 e. The highest BCUT2D eigenvalue weighted by molar-refractivity contribution is 5.77. The van der Waals surface area contributed by atoms with Crippen LogP contribution in [0.15, 0.2) is 12.2 Å². The third-order valence-corrected chi connectivity index (χ3v) is 15.1. The van der Waals surface area contributed by atoms with E-state index in [1.807, 2.05) is 0 Å². The van der Waals surface area contributed by atoms with Crippen LogP contribution in [-0.2, 0) is 14.3 Å². The summed E-state index contributed by atoms with van der Waals surface area (Å²) in [5, 5.41) is 24.0. The van der Waals surface area contributed by atoms with Crippen molar-refractivity contribution in [3.8, 4) is 0 Å². The van der Waals surface area contributed by atoms with Crippen LogP contribution < -0.4 is 5.32 Å². The van der Waals surface area contributed by atoms with E-state index in [2.05, 4.69) is 38.2 Å². The van der Waals surface area contributed by atoms with Gasteiger partial charge in [-0.05, 0) is 51.4 Å². The number of hydrogen-bond donors (Lipinski definition) is 3. The second-order valence-corrected chi connectivity index (χ2v) is 22.2. The number of aliphatic hydroxyl groups is 2. The van der Waals surface area contributed by atoms with Gasteiger partial charge in [0.2, 0.25) is 5.91 Å². The Labute approximate surface area is 438 Å². The highest BCUT2D eigenvalue weighted by atomic mass is 16.5. The van der Waals surface area contributed by atoms with E-state index in [0.717, 1.165) is 44.9 Å². The Morgan fingerprint density at radius 1 is 0.400 bits per heavy atom. The summed E-state index contributed by atoms with van der Waals surface area (Å²) in [6.07, 6.45) is 68.6. The maximum atomic E-state index is 13.3. The molecule has 0 radical (unpaired) electrons. The zero-order valence-corrected chi connectivity index (χ0v) is 47.7. The van der Waals surface area contributed by atoms with Crippen LogP contribution in [0.25, 0.3) is 0 Å². The average Bonchev–Trinajstić information content (AvgIpc) is 3.35. The van der Waals surface area contributed by atoms with Gasteiger partial charge in [0.05, 0.1) is 25.2 Å². The van der Waals surface area contributed by atoms with Crippen molar-refractivity contribution in [3.05, 3.63) is 12.2 Å². The maximum Gasteiger partial charge on any atom is 0.306 e. The first-order valence-electron chi connectivity index (χ1n) is 31.9. The van der Waals surface area contributed by atoms with Gasteiger partial charge in [0, 0.05) is 6.42 Å². The van der Waals surface area contributed by atoms with E-state index in [-0.39, 0.29) is 24.9 Å². The number of rotatable bonds is 59. The minimum Gasteiger partial charge on any atom is -0.462 e. The van der Waals surface area contributed by atoms with Gasteiger partial charge in [-0.15, -0.1) is 0 Å². The number of allylic oxidation sites excluding steroid dienone is 2. The second-order valence-electron chi connectivity index (χ2n) is 22.2. The molecule has 0 aliphatic heterocycles. The van der Waals surface area contributed by atoms with Gasteiger partial charge in [-0.25, -0.2) is 0 Å². The molecule has 3 N–H and O–H groups in total. The summed E-state index contributed by atoms with van der Waals surface area (Å²) < 4.78 is 5.99. The molecule has 0 aromatic carbocycles. The summed E-state index contributed by atoms with van der Waals surface area (Å²) in [5.41, 5.74) is 0. The van der Waals surface area contributed by atoms with Crippen LogP contribution in [-0.4, -0.2) is 46.9 Å². The monoisotopic (exact) mass is 988 g/mol. The van der Waals surface area contributed by atoms with Gasteiger partial charge in [0.25, 0.3) is 0 Å². The first-order valence-corrected chi connectivity index (χ1v) is 31.9. The molecule has 1 amide bonds. The summed E-state index contributed by atoms with van der Waals surface area (Å²) in [6, 6.07) is -0.698. The van der Waals surface area contributed by atoms with Crippen molar-refractivity contribution in [2.75, 3.05) is 6.61 Å². The summed E-state index contributed by atoms with van der Waals surface area (Å²) in [6.45, 7) is 6.55. The van der Waals surface area contributed by atoms with E-state index in [9.17, 15) is 19.8 Å². The van der Waals surface area contributed by atoms with E-state index < -0.39 is 18.2 Å². The quantitative estimate of drug-likeness (QED) is 0.0321. The zero-order valence-electron chi connectivity index (χ0n) is 47.7. The molecule has 0 aromatic rings. The first-order chi connectivity index (χ1) is 34.5. The second kappa shape index (κ2) is 58.5. The Balaban J connectivity index is 4.49. The number of esters is 1. The minimum atomic E-state index is -0.784. The van der Waals surface area contributed by atoms with Gasteiger partial charge >= 0.3 is 5.97 Å². The van der Waals surface area contributed by atoms with E-state index in [1.54, 1.807) is 0 Å². The van der Waals surface area contributed by atoms with Gasteiger partial charge in [-0.1, -0.05) is 309 Å². The topological polar surface area (TPSA) is 95.9 Å². The predicted molar refractivity (Wildman–Crippen MR) is 306 cm³/mol. The van der Waals surface area contributed by atoms with Gasteiger partial charge in [0.15, 0.2) is 0 Å². The van der Waals surface area contributed by atoms with Crippen molar-refractivity contribution in [1.29, 1.82) is 0 Å². The standard InChI is InChI=1S/C64H125NO5/c1-4-7-10-13-16-19-22-25-28-31-34-37-40-43-46-49-52-55-60(70-64(69)57-54-51-48-45-42-39-36-33-30-27-24-21-18-15-12-9-6-3)58-63(68)65-61(59-66)62(67)56-53-50-47-44-41-38-35-32-29-26-23-20-17-14-11-8-5-2/h27,30,60-62,66-67H,4-26,28-29,31-59H2,1-3H3,(H,65,68)/b30-27+. The van der Waals surface area contributed by atoms with E-state index >= 15 is 0 Å². The van der Waals surface area contributed by atoms with Crippen molar-refractivity contribution in [2.45, 2.75) is 379 Å². The third kappa shape index (κ3) is 52.9. The number of ether oxygens (including phenoxy) is 1. The molecule has 0 saturated heterocycles. The lowest BCUT2D eigenvalue weighted by molar-refractivity contribution is -0.151. The molecule has 0 bridgehead atoms. The van der Waals surface area contributed by atoms with Crippen molar-refractivity contribution < 1.29 is 24.5 Å². The van der Waals surface area contributed by atoms with E-state index in [4.69, 9.17) is 4.74 Å². The summed E-state index contributed by atoms with van der Waals surface area (Å²) in [4.78, 5) is 26.4. The Kier molecular flexibility index (Phi) is 57.3. The molecule has 0 rings (SSSR count). The summed E-state index contributed by atoms with van der Waals surface area (Å²) in [5.74, 6) is -0.450. The van der Waals surface area contributed by atoms with Crippen LogP contribution in [0.5, 0.6) is 0 Å². The van der Waals surface area contributed by atoms with Crippen molar-refractivity contribution in [3.63, 3.8) is 0 Å². The Hall–Kier alpha value is -1.40. The molecule has 6 heteroatoms. The van der Waals surface area contributed by atoms with Crippen molar-refractivity contribution in [2.24, 2.45) is 0 Å². The summed E-state index contributed by atoms with van der Waals surface area (Å²) in [7, 11) is 0. The number of hydrogen-bond acceptors (Lipinski definition) is 5. The molecular weight excluding hydrogens is 863 g/mol. The van der Waals surface area contributed by atoms with Crippen LogP contribution in [0, 0.1) is 0 Å². The minimum absolute atomic E-state index is 0.0845. The van der Waals surface area contributed by atoms with Gasteiger partial charge in [-0.3, -0.25) is 9.59 Å². The van der Waals surface area contributed by atoms with Gasteiger partial charge < -0.3 is 20.3 Å². The number of amides is 1. The Morgan fingerprint density at radius 3 is 1.01 bits per heavy atom. The number of carbonyl (C=O) groups excluding carboxylic acids is 2. The largest absolute Gasteiger partial charge is 0.462 e. The molecule has 0 aliphatic carbocycles. The lowest BCUT2D eigenvalue weighted by Crippen LogP contribution is -2.46. The van der Waals surface area contributed by atoms with Crippen LogP contribution in [0.3, 0.4) is 0 Å². The lowest BCUT2D eigenvalue weighted by Gasteiger charge is -2.24. The van der Waals surface area contributed by atoms with Crippen LogP contribution in [0.4, 0.5) is 0 Å². The highest BCUT2D eigenvalue weighted by Gasteiger charge is 2.24. The molecule has 0 fully saturated rings. The first kappa shape index (κ1) is 68.6.